The highest BCUT2D eigenvalue weighted by molar-refractivity contribution is 6.27. The minimum atomic E-state index is -3.00. The highest BCUT2D eigenvalue weighted by atomic mass is 35.5. The molecule has 0 radical (unpaired) electrons. The fraction of sp³-hybridized carbons (Fsp3) is 0.364. The van der Waals surface area contributed by atoms with Crippen LogP contribution in [0.4, 0.5) is 17.6 Å². The molecule has 0 aliphatic rings. The fourth-order valence-corrected chi connectivity index (χ4v) is 1.49. The van der Waals surface area contributed by atoms with E-state index in [2.05, 4.69) is 0 Å². The Morgan fingerprint density at radius 3 is 2.18 bits per heavy atom. The quantitative estimate of drug-likeness (QED) is 0.584. The predicted molar refractivity (Wildman–Crippen MR) is 55.8 cm³/mol. The fourth-order valence-electron chi connectivity index (χ4n) is 1.40. The van der Waals surface area contributed by atoms with Crippen molar-refractivity contribution in [2.75, 3.05) is 5.88 Å². The van der Waals surface area contributed by atoms with Crippen molar-refractivity contribution in [2.24, 2.45) is 0 Å². The molecule has 1 nitrogen and oxygen atoms in total. The normalized spacial score (nSPS) is 11.2. The van der Waals surface area contributed by atoms with Crippen LogP contribution in [-0.4, -0.2) is 11.7 Å². The number of ketones is 1. The molecule has 0 saturated carbocycles. The van der Waals surface area contributed by atoms with Crippen molar-refractivity contribution in [3.8, 4) is 0 Å². The van der Waals surface area contributed by atoms with E-state index >= 15 is 0 Å². The molecule has 0 bridgehead atoms. The summed E-state index contributed by atoms with van der Waals surface area (Å²) in [6.45, 7) is 0. The lowest BCUT2D eigenvalue weighted by Gasteiger charge is -2.10. The third-order valence-corrected chi connectivity index (χ3v) is 2.47. The number of rotatable bonds is 5. The standard InChI is InChI=1S/C11H9ClF4O/c12-5-7(17)3-6-1-2-8(10(13)14)9(4-6)11(15)16/h1-2,4,10-11H,3,5H2. The molecule has 0 spiro atoms. The molecular weight excluding hydrogens is 260 g/mol. The molecule has 0 unspecified atom stereocenters. The zero-order valence-corrected chi connectivity index (χ0v) is 9.35. The van der Waals surface area contributed by atoms with Gasteiger partial charge >= 0.3 is 0 Å². The Hall–Kier alpha value is -1.10. The number of alkyl halides is 5. The number of carbonyl (C=O) groups excluding carboxylic acids is 1. The maximum Gasteiger partial charge on any atom is 0.264 e. The SMILES string of the molecule is O=C(CCl)Cc1ccc(C(F)F)c(C(F)F)c1. The van der Waals surface area contributed by atoms with E-state index in [1.807, 2.05) is 0 Å². The van der Waals surface area contributed by atoms with Gasteiger partial charge in [0.25, 0.3) is 12.9 Å². The van der Waals surface area contributed by atoms with Crippen molar-refractivity contribution in [2.45, 2.75) is 19.3 Å². The van der Waals surface area contributed by atoms with Gasteiger partial charge in [-0.2, -0.15) is 0 Å². The van der Waals surface area contributed by atoms with Crippen LogP contribution in [0.3, 0.4) is 0 Å². The van der Waals surface area contributed by atoms with Gasteiger partial charge in [0.2, 0.25) is 0 Å². The molecule has 0 heterocycles. The summed E-state index contributed by atoms with van der Waals surface area (Å²) >= 11 is 5.27. The van der Waals surface area contributed by atoms with Gasteiger partial charge in [-0.1, -0.05) is 12.1 Å². The lowest BCUT2D eigenvalue weighted by molar-refractivity contribution is -0.116. The van der Waals surface area contributed by atoms with Crippen molar-refractivity contribution in [1.29, 1.82) is 0 Å². The second-order valence-corrected chi connectivity index (χ2v) is 3.68. The van der Waals surface area contributed by atoms with Crippen LogP contribution in [0.5, 0.6) is 0 Å². The van der Waals surface area contributed by atoms with Crippen molar-refractivity contribution < 1.29 is 22.4 Å². The Morgan fingerprint density at radius 2 is 1.71 bits per heavy atom. The first kappa shape index (κ1) is 14.0. The molecule has 0 amide bonds. The molecule has 0 N–H and O–H groups in total. The van der Waals surface area contributed by atoms with Crippen molar-refractivity contribution in [3.63, 3.8) is 0 Å². The molecule has 1 rings (SSSR count). The van der Waals surface area contributed by atoms with Crippen LogP contribution >= 0.6 is 11.6 Å². The maximum atomic E-state index is 12.5. The van der Waals surface area contributed by atoms with Crippen LogP contribution in [-0.2, 0) is 11.2 Å². The van der Waals surface area contributed by atoms with Crippen LogP contribution < -0.4 is 0 Å². The van der Waals surface area contributed by atoms with Gasteiger partial charge in [-0.05, 0) is 11.6 Å². The molecule has 0 atom stereocenters. The van der Waals surface area contributed by atoms with Gasteiger partial charge in [0.1, 0.15) is 0 Å². The minimum Gasteiger partial charge on any atom is -0.298 e. The van der Waals surface area contributed by atoms with Crippen LogP contribution in [0.25, 0.3) is 0 Å². The molecule has 0 aromatic heterocycles. The topological polar surface area (TPSA) is 17.1 Å². The summed E-state index contributed by atoms with van der Waals surface area (Å²) in [5, 5.41) is 0. The summed E-state index contributed by atoms with van der Waals surface area (Å²) in [4.78, 5) is 11.0. The zero-order valence-electron chi connectivity index (χ0n) is 8.60. The van der Waals surface area contributed by atoms with E-state index < -0.39 is 24.0 Å². The summed E-state index contributed by atoms with van der Waals surface area (Å²) in [5.41, 5.74) is -1.18. The van der Waals surface area contributed by atoms with Gasteiger partial charge in [0.05, 0.1) is 5.88 Å². The van der Waals surface area contributed by atoms with E-state index in [1.165, 1.54) is 6.07 Å². The molecule has 0 aliphatic carbocycles. The molecule has 1 aromatic rings. The van der Waals surface area contributed by atoms with E-state index in [9.17, 15) is 22.4 Å². The summed E-state index contributed by atoms with van der Waals surface area (Å²) in [6, 6.07) is 3.08. The first-order valence-electron chi connectivity index (χ1n) is 4.72. The summed E-state index contributed by atoms with van der Waals surface area (Å²) < 4.78 is 49.9. The second-order valence-electron chi connectivity index (χ2n) is 3.41. The van der Waals surface area contributed by atoms with Crippen LogP contribution in [0.2, 0.25) is 0 Å². The molecule has 0 saturated heterocycles. The monoisotopic (exact) mass is 268 g/mol. The third kappa shape index (κ3) is 3.70. The van der Waals surface area contributed by atoms with Crippen molar-refractivity contribution in [3.05, 3.63) is 34.9 Å². The summed E-state index contributed by atoms with van der Waals surface area (Å²) in [6.07, 6.45) is -6.09. The van der Waals surface area contributed by atoms with Gasteiger partial charge in [-0.3, -0.25) is 4.79 Å². The number of halogens is 5. The lowest BCUT2D eigenvalue weighted by Crippen LogP contribution is -2.05. The Bertz CT molecular complexity index is 406. The smallest absolute Gasteiger partial charge is 0.264 e. The summed E-state index contributed by atoms with van der Waals surface area (Å²) in [5.74, 6) is -0.586. The molecule has 0 aliphatic heterocycles. The van der Waals surface area contributed by atoms with Gasteiger partial charge in [0.15, 0.2) is 5.78 Å². The highest BCUT2D eigenvalue weighted by Gasteiger charge is 2.20. The Balaban J connectivity index is 3.05. The average Bonchev–Trinajstić information content (AvgIpc) is 2.28. The van der Waals surface area contributed by atoms with Crippen molar-refractivity contribution in [1.82, 2.24) is 0 Å². The van der Waals surface area contributed by atoms with E-state index in [4.69, 9.17) is 11.6 Å². The van der Waals surface area contributed by atoms with E-state index in [0.717, 1.165) is 12.1 Å². The number of hydrogen-bond donors (Lipinski definition) is 0. The largest absolute Gasteiger partial charge is 0.298 e. The predicted octanol–water partition coefficient (Wildman–Crippen LogP) is 3.91. The minimum absolute atomic E-state index is 0.132. The Morgan fingerprint density at radius 1 is 1.12 bits per heavy atom. The van der Waals surface area contributed by atoms with Crippen LogP contribution in [0.15, 0.2) is 18.2 Å². The van der Waals surface area contributed by atoms with Crippen LogP contribution in [0.1, 0.15) is 29.5 Å². The molecule has 1 aromatic carbocycles. The maximum absolute atomic E-state index is 12.5. The molecular formula is C11H9ClF4O. The third-order valence-electron chi connectivity index (χ3n) is 2.17. The number of benzene rings is 1. The Labute approximate surface area is 100 Å². The first-order chi connectivity index (χ1) is 7.95. The van der Waals surface area contributed by atoms with Crippen molar-refractivity contribution >= 4 is 17.4 Å². The number of hydrogen-bond acceptors (Lipinski definition) is 1. The molecule has 94 valence electrons. The molecule has 6 heteroatoms. The molecule has 0 fully saturated rings. The van der Waals surface area contributed by atoms with Gasteiger partial charge in [-0.25, -0.2) is 17.6 Å². The van der Waals surface area contributed by atoms with E-state index in [0.29, 0.717) is 0 Å². The highest BCUT2D eigenvalue weighted by Crippen LogP contribution is 2.31. The van der Waals surface area contributed by atoms with E-state index in [-0.39, 0.29) is 23.6 Å². The first-order valence-corrected chi connectivity index (χ1v) is 5.25. The van der Waals surface area contributed by atoms with E-state index in [1.54, 1.807) is 0 Å². The number of Topliss-reactive ketones (excluding diaryl/α,β-unsaturated/α-hetero) is 1. The van der Waals surface area contributed by atoms with Gasteiger partial charge in [-0.15, -0.1) is 11.6 Å². The van der Waals surface area contributed by atoms with Crippen LogP contribution in [0, 0.1) is 0 Å². The lowest BCUT2D eigenvalue weighted by atomic mass is 10.0. The second kappa shape index (κ2) is 6.00. The Kier molecular flexibility index (Phi) is 4.93. The van der Waals surface area contributed by atoms with Gasteiger partial charge < -0.3 is 0 Å². The zero-order chi connectivity index (χ0) is 13.0. The summed E-state index contributed by atoms with van der Waals surface area (Å²) in [7, 11) is 0. The van der Waals surface area contributed by atoms with Gasteiger partial charge in [0, 0.05) is 17.5 Å². The average molecular weight is 269 g/mol. The molecule has 17 heavy (non-hydrogen) atoms. The number of carbonyl (C=O) groups is 1.